The van der Waals surface area contributed by atoms with Crippen molar-refractivity contribution in [2.75, 3.05) is 14.2 Å². The van der Waals surface area contributed by atoms with Crippen LogP contribution in [0.1, 0.15) is 28.8 Å². The highest BCUT2D eigenvalue weighted by atomic mass is 16.5. The van der Waals surface area contributed by atoms with Crippen molar-refractivity contribution in [3.63, 3.8) is 0 Å². The number of nitrogens with zero attached hydrogens (tertiary/aromatic N) is 1. The molecule has 2 aromatic carbocycles. The summed E-state index contributed by atoms with van der Waals surface area (Å²) in [6.07, 6.45) is 4.05. The normalized spacial score (nSPS) is 13.6. The number of benzene rings is 2. The second-order valence-electron chi connectivity index (χ2n) is 6.63. The summed E-state index contributed by atoms with van der Waals surface area (Å²) < 4.78 is 10.6. The Balaban J connectivity index is 1.60. The van der Waals surface area contributed by atoms with E-state index in [1.807, 2.05) is 17.2 Å². The minimum atomic E-state index is 0.0278. The quantitative estimate of drug-likeness (QED) is 0.731. The Morgan fingerprint density at radius 1 is 1.08 bits per heavy atom. The van der Waals surface area contributed by atoms with Crippen LogP contribution in [0.25, 0.3) is 10.9 Å². The van der Waals surface area contributed by atoms with Crippen LogP contribution in [0.5, 0.6) is 11.5 Å². The zero-order chi connectivity index (χ0) is 18.1. The van der Waals surface area contributed by atoms with E-state index in [-0.39, 0.29) is 5.91 Å². The molecule has 1 amide bonds. The molecule has 1 N–H and O–H groups in total. The van der Waals surface area contributed by atoms with Crippen molar-refractivity contribution in [2.24, 2.45) is 0 Å². The molecule has 1 saturated carbocycles. The molecule has 1 fully saturated rings. The molecule has 4 rings (SSSR count). The van der Waals surface area contributed by atoms with Gasteiger partial charge in [-0.2, -0.15) is 0 Å². The number of aromatic nitrogens is 1. The first-order valence-corrected chi connectivity index (χ1v) is 8.78. The van der Waals surface area contributed by atoms with E-state index in [1.165, 1.54) is 5.39 Å². The highest BCUT2D eigenvalue weighted by molar-refractivity contribution is 5.95. The van der Waals surface area contributed by atoms with Crippen molar-refractivity contribution in [1.29, 1.82) is 0 Å². The molecule has 1 aromatic heterocycles. The third-order valence-electron chi connectivity index (χ3n) is 4.85. The standard InChI is InChI=1S/C21H22N2O3/c1-25-19-8-5-16(12-20(19)26-2)21(24)23(17-6-7-17)13-14-3-4-15-9-10-22-18(15)11-14/h3-5,8-12,17,22H,6-7,13H2,1-2H3. The third-order valence-corrected chi connectivity index (χ3v) is 4.85. The Morgan fingerprint density at radius 2 is 1.88 bits per heavy atom. The van der Waals surface area contributed by atoms with Crippen LogP contribution in [0.15, 0.2) is 48.7 Å². The van der Waals surface area contributed by atoms with Crippen molar-refractivity contribution in [1.82, 2.24) is 9.88 Å². The Bertz CT molecular complexity index is 943. The predicted octanol–water partition coefficient (Wildman–Crippen LogP) is 3.99. The lowest BCUT2D eigenvalue weighted by atomic mass is 10.1. The van der Waals surface area contributed by atoms with Gasteiger partial charge >= 0.3 is 0 Å². The molecular weight excluding hydrogens is 328 g/mol. The van der Waals surface area contributed by atoms with E-state index < -0.39 is 0 Å². The number of aromatic amines is 1. The second-order valence-corrected chi connectivity index (χ2v) is 6.63. The molecule has 5 heteroatoms. The van der Waals surface area contributed by atoms with Gasteiger partial charge in [0.1, 0.15) is 0 Å². The van der Waals surface area contributed by atoms with Crippen LogP contribution in [-0.2, 0) is 6.54 Å². The van der Waals surface area contributed by atoms with Gasteiger partial charge in [0, 0.05) is 29.9 Å². The number of rotatable bonds is 6. The van der Waals surface area contributed by atoms with Gasteiger partial charge in [0.2, 0.25) is 0 Å². The maximum absolute atomic E-state index is 13.1. The molecule has 0 unspecified atom stereocenters. The number of carbonyl (C=O) groups excluding carboxylic acids is 1. The zero-order valence-electron chi connectivity index (χ0n) is 15.0. The Kier molecular flexibility index (Phi) is 4.29. The summed E-state index contributed by atoms with van der Waals surface area (Å²) in [5, 5.41) is 1.18. The Labute approximate surface area is 152 Å². The first kappa shape index (κ1) is 16.5. The van der Waals surface area contributed by atoms with Gasteiger partial charge < -0.3 is 19.4 Å². The van der Waals surface area contributed by atoms with E-state index in [0.717, 1.165) is 23.9 Å². The molecule has 5 nitrogen and oxygen atoms in total. The van der Waals surface area contributed by atoms with Crippen molar-refractivity contribution in [3.8, 4) is 11.5 Å². The molecule has 134 valence electrons. The fourth-order valence-electron chi connectivity index (χ4n) is 3.28. The Morgan fingerprint density at radius 3 is 2.62 bits per heavy atom. The minimum Gasteiger partial charge on any atom is -0.493 e. The molecule has 3 aromatic rings. The highest BCUT2D eigenvalue weighted by Crippen LogP contribution is 2.33. The van der Waals surface area contributed by atoms with Crippen LogP contribution in [0.2, 0.25) is 0 Å². The van der Waals surface area contributed by atoms with Crippen molar-refractivity contribution in [2.45, 2.75) is 25.4 Å². The van der Waals surface area contributed by atoms with Gasteiger partial charge in [0.25, 0.3) is 5.91 Å². The smallest absolute Gasteiger partial charge is 0.254 e. The van der Waals surface area contributed by atoms with Gasteiger partial charge in [-0.1, -0.05) is 12.1 Å². The summed E-state index contributed by atoms with van der Waals surface area (Å²) in [6, 6.07) is 14.0. The molecular formula is C21H22N2O3. The maximum atomic E-state index is 13.1. The number of methoxy groups -OCH3 is 2. The topological polar surface area (TPSA) is 54.6 Å². The Hall–Kier alpha value is -2.95. The first-order chi connectivity index (χ1) is 12.7. The van der Waals surface area contributed by atoms with Crippen molar-refractivity contribution >= 4 is 16.8 Å². The first-order valence-electron chi connectivity index (χ1n) is 8.78. The zero-order valence-corrected chi connectivity index (χ0v) is 15.0. The average Bonchev–Trinajstić information content (AvgIpc) is 3.41. The predicted molar refractivity (Wildman–Crippen MR) is 101 cm³/mol. The second kappa shape index (κ2) is 6.75. The lowest BCUT2D eigenvalue weighted by Gasteiger charge is -2.23. The summed E-state index contributed by atoms with van der Waals surface area (Å²) in [5.74, 6) is 1.22. The van der Waals surface area contributed by atoms with Crippen LogP contribution < -0.4 is 9.47 Å². The van der Waals surface area contributed by atoms with Crippen molar-refractivity contribution < 1.29 is 14.3 Å². The minimum absolute atomic E-state index is 0.0278. The van der Waals surface area contributed by atoms with Gasteiger partial charge in [-0.3, -0.25) is 4.79 Å². The molecule has 0 spiro atoms. The van der Waals surface area contributed by atoms with Crippen LogP contribution in [0, 0.1) is 0 Å². The maximum Gasteiger partial charge on any atom is 0.254 e. The van der Waals surface area contributed by atoms with E-state index in [0.29, 0.717) is 29.6 Å². The van der Waals surface area contributed by atoms with Gasteiger partial charge in [-0.25, -0.2) is 0 Å². The summed E-state index contributed by atoms with van der Waals surface area (Å²) in [5.41, 5.74) is 2.84. The summed E-state index contributed by atoms with van der Waals surface area (Å²) >= 11 is 0. The number of ether oxygens (including phenoxy) is 2. The molecule has 0 aliphatic heterocycles. The molecule has 0 radical (unpaired) electrons. The molecule has 0 bridgehead atoms. The fourth-order valence-corrected chi connectivity index (χ4v) is 3.28. The van der Waals surface area contributed by atoms with Gasteiger partial charge in [0.05, 0.1) is 14.2 Å². The number of hydrogen-bond donors (Lipinski definition) is 1. The summed E-state index contributed by atoms with van der Waals surface area (Å²) in [4.78, 5) is 18.3. The monoisotopic (exact) mass is 350 g/mol. The fraction of sp³-hybridized carbons (Fsp3) is 0.286. The van der Waals surface area contributed by atoms with Crippen LogP contribution >= 0.6 is 0 Å². The molecule has 0 saturated heterocycles. The molecule has 1 aliphatic rings. The van der Waals surface area contributed by atoms with E-state index in [4.69, 9.17) is 9.47 Å². The number of fused-ring (bicyclic) bond motifs is 1. The molecule has 1 aliphatic carbocycles. The van der Waals surface area contributed by atoms with Crippen LogP contribution in [-0.4, -0.2) is 36.1 Å². The lowest BCUT2D eigenvalue weighted by molar-refractivity contribution is 0.0729. The van der Waals surface area contributed by atoms with Crippen LogP contribution in [0.3, 0.4) is 0 Å². The number of H-pyrrole nitrogens is 1. The summed E-state index contributed by atoms with van der Waals surface area (Å²) in [6.45, 7) is 0.604. The molecule has 0 atom stereocenters. The van der Waals surface area contributed by atoms with Crippen molar-refractivity contribution in [3.05, 3.63) is 59.8 Å². The number of carbonyl (C=O) groups is 1. The number of nitrogens with one attached hydrogen (secondary N) is 1. The largest absolute Gasteiger partial charge is 0.493 e. The number of hydrogen-bond acceptors (Lipinski definition) is 3. The summed E-state index contributed by atoms with van der Waals surface area (Å²) in [7, 11) is 3.17. The highest BCUT2D eigenvalue weighted by Gasteiger charge is 2.33. The van der Waals surface area contributed by atoms with Gasteiger partial charge in [-0.15, -0.1) is 0 Å². The third kappa shape index (κ3) is 3.12. The van der Waals surface area contributed by atoms with Crippen LogP contribution in [0.4, 0.5) is 0 Å². The van der Waals surface area contributed by atoms with Gasteiger partial charge in [0.15, 0.2) is 11.5 Å². The van der Waals surface area contributed by atoms with Gasteiger partial charge in [-0.05, 0) is 54.1 Å². The van der Waals surface area contributed by atoms with E-state index in [9.17, 15) is 4.79 Å². The lowest BCUT2D eigenvalue weighted by Crippen LogP contribution is -2.32. The average molecular weight is 350 g/mol. The molecule has 1 heterocycles. The number of amides is 1. The van der Waals surface area contributed by atoms with E-state index >= 15 is 0 Å². The SMILES string of the molecule is COc1ccc(C(=O)N(Cc2ccc3cc[nH]c3c2)C2CC2)cc1OC. The van der Waals surface area contributed by atoms with E-state index in [2.05, 4.69) is 23.2 Å². The van der Waals surface area contributed by atoms with E-state index in [1.54, 1.807) is 32.4 Å². The molecule has 26 heavy (non-hydrogen) atoms.